The lowest BCUT2D eigenvalue weighted by atomic mass is 10.3. The van der Waals surface area contributed by atoms with Crippen LogP contribution in [0.5, 0.6) is 0 Å². The van der Waals surface area contributed by atoms with E-state index in [0.29, 0.717) is 5.69 Å². The van der Waals surface area contributed by atoms with Crippen molar-refractivity contribution in [3.63, 3.8) is 0 Å². The molecule has 2 N–H and O–H groups in total. The lowest BCUT2D eigenvalue weighted by molar-refractivity contribution is 0.837. The first kappa shape index (κ1) is 10.2. The van der Waals surface area contributed by atoms with E-state index in [9.17, 15) is 0 Å². The number of nitrogens with two attached hydrogens (primary N) is 1. The molecule has 3 aromatic heterocycles. The zero-order valence-electron chi connectivity index (χ0n) is 9.16. The van der Waals surface area contributed by atoms with Gasteiger partial charge >= 0.3 is 0 Å². The minimum absolute atomic E-state index is 0.644. The Labute approximate surface area is 101 Å². The molecule has 17 heavy (non-hydrogen) atoms. The topological polar surface area (TPSA) is 82.0 Å². The molecule has 6 nitrogen and oxygen atoms in total. The van der Waals surface area contributed by atoms with Gasteiger partial charge in [-0.15, -0.1) is 10.2 Å². The first-order valence-electron chi connectivity index (χ1n) is 5.21. The van der Waals surface area contributed by atoms with Gasteiger partial charge in [-0.2, -0.15) is 9.61 Å². The number of hydrogen-bond donors (Lipinski definition) is 1. The molecule has 0 spiro atoms. The van der Waals surface area contributed by atoms with Crippen LogP contribution in [0.1, 0.15) is 12.7 Å². The fourth-order valence-corrected chi connectivity index (χ4v) is 2.35. The van der Waals surface area contributed by atoms with Gasteiger partial charge in [0.2, 0.25) is 4.96 Å². The van der Waals surface area contributed by atoms with E-state index in [1.807, 2.05) is 19.1 Å². The lowest BCUT2D eigenvalue weighted by Crippen LogP contribution is -1.94. The zero-order chi connectivity index (χ0) is 11.8. The second kappa shape index (κ2) is 3.77. The summed E-state index contributed by atoms with van der Waals surface area (Å²) >= 11 is 1.47. The van der Waals surface area contributed by atoms with Crippen LogP contribution < -0.4 is 5.73 Å². The summed E-state index contributed by atoms with van der Waals surface area (Å²) < 4.78 is 1.76. The molecule has 0 fully saturated rings. The molecule has 0 aliphatic carbocycles. The number of nitrogens with zero attached hydrogens (tertiary/aromatic N) is 5. The van der Waals surface area contributed by atoms with Crippen molar-refractivity contribution in [3.8, 4) is 10.7 Å². The molecule has 0 aromatic carbocycles. The highest BCUT2D eigenvalue weighted by molar-refractivity contribution is 7.19. The normalized spacial score (nSPS) is 11.1. The Kier molecular flexibility index (Phi) is 2.25. The number of aryl methyl sites for hydroxylation is 1. The Morgan fingerprint density at radius 3 is 2.94 bits per heavy atom. The van der Waals surface area contributed by atoms with Crippen molar-refractivity contribution in [3.05, 3.63) is 24.2 Å². The van der Waals surface area contributed by atoms with Crippen molar-refractivity contribution >= 4 is 22.0 Å². The molecule has 0 aliphatic heterocycles. The van der Waals surface area contributed by atoms with Crippen LogP contribution in [-0.4, -0.2) is 24.8 Å². The third-order valence-corrected chi connectivity index (χ3v) is 3.30. The molecule has 0 saturated heterocycles. The summed E-state index contributed by atoms with van der Waals surface area (Å²) in [4.78, 5) is 5.03. The van der Waals surface area contributed by atoms with Crippen LogP contribution in [0, 0.1) is 0 Å². The van der Waals surface area contributed by atoms with Gasteiger partial charge in [-0.3, -0.25) is 4.98 Å². The maximum absolute atomic E-state index is 5.60. The van der Waals surface area contributed by atoms with Crippen LogP contribution in [0.4, 0.5) is 5.69 Å². The summed E-state index contributed by atoms with van der Waals surface area (Å²) in [5, 5.41) is 13.4. The summed E-state index contributed by atoms with van der Waals surface area (Å²) in [6, 6.07) is 3.66. The SMILES string of the molecule is CCc1nnc2sc(-c3ccc(N)cn3)nn12. The van der Waals surface area contributed by atoms with E-state index in [1.54, 1.807) is 10.7 Å². The Morgan fingerprint density at radius 1 is 1.35 bits per heavy atom. The van der Waals surface area contributed by atoms with Gasteiger partial charge in [0.25, 0.3) is 0 Å². The lowest BCUT2D eigenvalue weighted by Gasteiger charge is -1.95. The van der Waals surface area contributed by atoms with E-state index >= 15 is 0 Å². The number of nitrogen functional groups attached to an aromatic ring is 1. The molecular formula is C10H10N6S. The Morgan fingerprint density at radius 2 is 2.24 bits per heavy atom. The summed E-state index contributed by atoms with van der Waals surface area (Å²) in [7, 11) is 0. The number of pyridine rings is 1. The molecule has 0 saturated carbocycles. The van der Waals surface area contributed by atoms with Gasteiger partial charge in [0.1, 0.15) is 5.69 Å². The number of anilines is 1. The second-order valence-corrected chi connectivity index (χ2v) is 4.50. The van der Waals surface area contributed by atoms with Gasteiger partial charge in [0.15, 0.2) is 10.8 Å². The van der Waals surface area contributed by atoms with Crippen molar-refractivity contribution in [1.82, 2.24) is 24.8 Å². The molecule has 0 amide bonds. The molecule has 0 aliphatic rings. The van der Waals surface area contributed by atoms with E-state index in [1.165, 1.54) is 11.3 Å². The third-order valence-electron chi connectivity index (χ3n) is 2.38. The second-order valence-electron chi connectivity index (χ2n) is 3.55. The van der Waals surface area contributed by atoms with Crippen LogP contribution in [0.25, 0.3) is 15.7 Å². The van der Waals surface area contributed by atoms with E-state index in [-0.39, 0.29) is 0 Å². The molecule has 0 atom stereocenters. The average Bonchev–Trinajstić information content (AvgIpc) is 2.89. The molecule has 0 bridgehead atoms. The van der Waals surface area contributed by atoms with Crippen molar-refractivity contribution in [2.24, 2.45) is 0 Å². The van der Waals surface area contributed by atoms with Crippen molar-refractivity contribution in [1.29, 1.82) is 0 Å². The Balaban J connectivity index is 2.11. The fourth-order valence-electron chi connectivity index (χ4n) is 1.51. The predicted octanol–water partition coefficient (Wildman–Crippen LogP) is 1.39. The van der Waals surface area contributed by atoms with Gasteiger partial charge < -0.3 is 5.73 Å². The quantitative estimate of drug-likeness (QED) is 0.739. The van der Waals surface area contributed by atoms with Crippen LogP contribution >= 0.6 is 11.3 Å². The molecule has 0 unspecified atom stereocenters. The monoisotopic (exact) mass is 246 g/mol. The fraction of sp³-hybridized carbons (Fsp3) is 0.200. The smallest absolute Gasteiger partial charge is 0.235 e. The maximum atomic E-state index is 5.60. The molecule has 7 heteroatoms. The van der Waals surface area contributed by atoms with Gasteiger partial charge in [0, 0.05) is 6.42 Å². The average molecular weight is 246 g/mol. The van der Waals surface area contributed by atoms with Gasteiger partial charge in [0.05, 0.1) is 11.9 Å². The van der Waals surface area contributed by atoms with Crippen molar-refractivity contribution in [2.45, 2.75) is 13.3 Å². The number of fused-ring (bicyclic) bond motifs is 1. The number of rotatable bonds is 2. The van der Waals surface area contributed by atoms with Crippen molar-refractivity contribution < 1.29 is 0 Å². The summed E-state index contributed by atoms with van der Waals surface area (Å²) in [6.07, 6.45) is 2.43. The van der Waals surface area contributed by atoms with Crippen LogP contribution in [-0.2, 0) is 6.42 Å². The van der Waals surface area contributed by atoms with Crippen LogP contribution in [0.15, 0.2) is 18.3 Å². The highest BCUT2D eigenvalue weighted by atomic mass is 32.1. The summed E-state index contributed by atoms with van der Waals surface area (Å²) in [5.74, 6) is 0.859. The Bertz CT molecular complexity index is 653. The van der Waals surface area contributed by atoms with Crippen LogP contribution in [0.2, 0.25) is 0 Å². The molecule has 3 heterocycles. The van der Waals surface area contributed by atoms with E-state index < -0.39 is 0 Å². The van der Waals surface area contributed by atoms with Gasteiger partial charge in [-0.25, -0.2) is 0 Å². The number of hydrogen-bond acceptors (Lipinski definition) is 6. The largest absolute Gasteiger partial charge is 0.397 e. The minimum Gasteiger partial charge on any atom is -0.397 e. The Hall–Kier alpha value is -2.02. The first-order valence-corrected chi connectivity index (χ1v) is 6.02. The summed E-state index contributed by atoms with van der Waals surface area (Å²) in [5.41, 5.74) is 7.05. The van der Waals surface area contributed by atoms with E-state index in [2.05, 4.69) is 20.3 Å². The van der Waals surface area contributed by atoms with Gasteiger partial charge in [-0.1, -0.05) is 18.3 Å². The molecule has 86 valence electrons. The molecule has 3 rings (SSSR count). The van der Waals surface area contributed by atoms with Crippen LogP contribution in [0.3, 0.4) is 0 Å². The van der Waals surface area contributed by atoms with Crippen molar-refractivity contribution in [2.75, 3.05) is 5.73 Å². The van der Waals surface area contributed by atoms with Gasteiger partial charge in [-0.05, 0) is 12.1 Å². The maximum Gasteiger partial charge on any atom is 0.235 e. The molecule has 3 aromatic rings. The molecule has 0 radical (unpaired) electrons. The molecular weight excluding hydrogens is 236 g/mol. The van der Waals surface area contributed by atoms with E-state index in [0.717, 1.165) is 27.9 Å². The summed E-state index contributed by atoms with van der Waals surface area (Å²) in [6.45, 7) is 2.02. The van der Waals surface area contributed by atoms with E-state index in [4.69, 9.17) is 5.73 Å². The highest BCUT2D eigenvalue weighted by Crippen LogP contribution is 2.24. The first-order chi connectivity index (χ1) is 8.28. The number of aromatic nitrogens is 5. The minimum atomic E-state index is 0.644. The standard InChI is InChI=1S/C10H10N6S/c1-2-8-13-14-10-16(8)15-9(17-10)7-4-3-6(11)5-12-7/h3-5H,2,11H2,1H3. The zero-order valence-corrected chi connectivity index (χ0v) is 9.98. The predicted molar refractivity (Wildman–Crippen MR) is 65.7 cm³/mol. The third kappa shape index (κ3) is 1.64. The highest BCUT2D eigenvalue weighted by Gasteiger charge is 2.12.